The summed E-state index contributed by atoms with van der Waals surface area (Å²) in [6.07, 6.45) is 7.88. The van der Waals surface area contributed by atoms with Crippen LogP contribution in [0, 0.1) is 0 Å². The summed E-state index contributed by atoms with van der Waals surface area (Å²) in [5, 5.41) is 14.1. The summed E-state index contributed by atoms with van der Waals surface area (Å²) >= 11 is 12.0. The Labute approximate surface area is 142 Å². The summed E-state index contributed by atoms with van der Waals surface area (Å²) in [4.78, 5) is 0. The summed E-state index contributed by atoms with van der Waals surface area (Å²) in [6, 6.07) is 5.19. The molecule has 0 aromatic heterocycles. The Bertz CT molecular complexity index is 485. The summed E-state index contributed by atoms with van der Waals surface area (Å²) in [6.45, 7) is 1.55. The second-order valence-electron chi connectivity index (χ2n) is 5.58. The van der Waals surface area contributed by atoms with E-state index in [0.717, 1.165) is 13.0 Å². The number of aliphatic hydroxyl groups is 1. The van der Waals surface area contributed by atoms with E-state index in [1.165, 1.54) is 31.3 Å². The molecule has 0 spiro atoms. The van der Waals surface area contributed by atoms with Gasteiger partial charge < -0.3 is 15.2 Å². The van der Waals surface area contributed by atoms with E-state index in [4.69, 9.17) is 27.9 Å². The molecule has 1 aromatic carbocycles. The minimum Gasteiger partial charge on any atom is -0.488 e. The van der Waals surface area contributed by atoms with Crippen molar-refractivity contribution in [2.24, 2.45) is 0 Å². The fourth-order valence-corrected chi connectivity index (χ4v) is 3.01. The lowest BCUT2D eigenvalue weighted by atomic mass is 9.97. The summed E-state index contributed by atoms with van der Waals surface area (Å²) in [5.41, 5.74) is 1.53. The Morgan fingerprint density at radius 2 is 2.00 bits per heavy atom. The molecule has 5 heteroatoms. The van der Waals surface area contributed by atoms with Crippen LogP contribution in [0.3, 0.4) is 0 Å². The Hall–Kier alpha value is -0.740. The highest BCUT2D eigenvalue weighted by atomic mass is 35.5. The van der Waals surface area contributed by atoms with Crippen molar-refractivity contribution in [3.05, 3.63) is 39.9 Å². The molecule has 1 unspecified atom stereocenters. The van der Waals surface area contributed by atoms with E-state index in [0.29, 0.717) is 22.3 Å². The highest BCUT2D eigenvalue weighted by molar-refractivity contribution is 6.37. The molecule has 0 heterocycles. The number of ether oxygens (including phenoxy) is 1. The molecule has 0 aliphatic heterocycles. The second-order valence-corrected chi connectivity index (χ2v) is 6.39. The van der Waals surface area contributed by atoms with Crippen LogP contribution in [-0.2, 0) is 0 Å². The quantitative estimate of drug-likeness (QED) is 0.548. The van der Waals surface area contributed by atoms with Gasteiger partial charge in [0.1, 0.15) is 12.7 Å². The van der Waals surface area contributed by atoms with E-state index < -0.39 is 6.10 Å². The van der Waals surface area contributed by atoms with Gasteiger partial charge >= 0.3 is 0 Å². The van der Waals surface area contributed by atoms with E-state index in [2.05, 4.69) is 11.4 Å². The largest absolute Gasteiger partial charge is 0.488 e. The molecule has 122 valence electrons. The first-order valence-electron chi connectivity index (χ1n) is 7.80. The SMILES string of the molecule is OC(CNCCC1=CCCCC1)COc1c(Cl)cccc1Cl. The maximum Gasteiger partial charge on any atom is 0.156 e. The molecular weight excluding hydrogens is 321 g/mol. The number of rotatable bonds is 8. The topological polar surface area (TPSA) is 41.5 Å². The van der Waals surface area contributed by atoms with Gasteiger partial charge in [-0.25, -0.2) is 0 Å². The molecule has 1 atom stereocenters. The summed E-state index contributed by atoms with van der Waals surface area (Å²) in [5.74, 6) is 0.428. The standard InChI is InChI=1S/C17H23Cl2NO2/c18-15-7-4-8-16(19)17(15)22-12-14(21)11-20-10-9-13-5-2-1-3-6-13/h4-5,7-8,14,20-21H,1-3,6,9-12H2. The van der Waals surface area contributed by atoms with Gasteiger partial charge in [0.15, 0.2) is 5.75 Å². The van der Waals surface area contributed by atoms with Gasteiger partial charge in [0.2, 0.25) is 0 Å². The normalized spacial score (nSPS) is 16.2. The Morgan fingerprint density at radius 3 is 2.68 bits per heavy atom. The number of benzene rings is 1. The number of allylic oxidation sites excluding steroid dienone is 1. The summed E-state index contributed by atoms with van der Waals surface area (Å²) < 4.78 is 5.51. The highest BCUT2D eigenvalue weighted by Crippen LogP contribution is 2.32. The van der Waals surface area contributed by atoms with Crippen molar-refractivity contribution in [2.45, 2.75) is 38.2 Å². The highest BCUT2D eigenvalue weighted by Gasteiger charge is 2.10. The summed E-state index contributed by atoms with van der Waals surface area (Å²) in [7, 11) is 0. The zero-order chi connectivity index (χ0) is 15.8. The van der Waals surface area contributed by atoms with Gasteiger partial charge in [0.05, 0.1) is 10.0 Å². The van der Waals surface area contributed by atoms with Gasteiger partial charge in [0.25, 0.3) is 0 Å². The minimum absolute atomic E-state index is 0.166. The number of aliphatic hydroxyl groups excluding tert-OH is 1. The van der Waals surface area contributed by atoms with Crippen molar-refractivity contribution in [3.8, 4) is 5.75 Å². The minimum atomic E-state index is -0.590. The van der Waals surface area contributed by atoms with Crippen molar-refractivity contribution in [1.29, 1.82) is 0 Å². The smallest absolute Gasteiger partial charge is 0.156 e. The Kier molecular flexibility index (Phi) is 7.53. The van der Waals surface area contributed by atoms with E-state index in [1.54, 1.807) is 18.2 Å². The van der Waals surface area contributed by atoms with Gasteiger partial charge in [-0.1, -0.05) is 40.9 Å². The molecule has 0 radical (unpaired) electrons. The maximum atomic E-state index is 9.94. The molecule has 0 amide bonds. The molecule has 1 aromatic rings. The van der Waals surface area contributed by atoms with Crippen LogP contribution in [0.4, 0.5) is 0 Å². The van der Waals surface area contributed by atoms with Crippen LogP contribution in [0.5, 0.6) is 5.75 Å². The zero-order valence-corrected chi connectivity index (χ0v) is 14.2. The van der Waals surface area contributed by atoms with Crippen molar-refractivity contribution in [2.75, 3.05) is 19.7 Å². The predicted molar refractivity (Wildman–Crippen MR) is 92.0 cm³/mol. The molecule has 0 bridgehead atoms. The van der Waals surface area contributed by atoms with E-state index >= 15 is 0 Å². The van der Waals surface area contributed by atoms with Gasteiger partial charge in [-0.05, 0) is 50.8 Å². The monoisotopic (exact) mass is 343 g/mol. The fourth-order valence-electron chi connectivity index (χ4n) is 2.51. The van der Waals surface area contributed by atoms with Crippen LogP contribution in [0.15, 0.2) is 29.8 Å². The fraction of sp³-hybridized carbons (Fsp3) is 0.529. The van der Waals surface area contributed by atoms with Crippen molar-refractivity contribution >= 4 is 23.2 Å². The van der Waals surface area contributed by atoms with Gasteiger partial charge in [-0.3, -0.25) is 0 Å². The van der Waals surface area contributed by atoms with Crippen molar-refractivity contribution in [1.82, 2.24) is 5.32 Å². The lowest BCUT2D eigenvalue weighted by Gasteiger charge is -2.16. The van der Waals surface area contributed by atoms with Gasteiger partial charge in [-0.15, -0.1) is 0 Å². The zero-order valence-electron chi connectivity index (χ0n) is 12.7. The van der Waals surface area contributed by atoms with Crippen LogP contribution in [-0.4, -0.2) is 30.9 Å². The maximum absolute atomic E-state index is 9.94. The van der Waals surface area contributed by atoms with Crippen molar-refractivity contribution < 1.29 is 9.84 Å². The molecule has 0 fully saturated rings. The first-order chi connectivity index (χ1) is 10.7. The Morgan fingerprint density at radius 1 is 1.23 bits per heavy atom. The average molecular weight is 344 g/mol. The molecular formula is C17H23Cl2NO2. The Balaban J connectivity index is 1.63. The molecule has 0 saturated heterocycles. The van der Waals surface area contributed by atoms with Crippen LogP contribution >= 0.6 is 23.2 Å². The van der Waals surface area contributed by atoms with Crippen molar-refractivity contribution in [3.63, 3.8) is 0 Å². The number of halogens is 2. The van der Waals surface area contributed by atoms with Crippen LogP contribution < -0.4 is 10.1 Å². The third-order valence-electron chi connectivity index (χ3n) is 3.73. The first kappa shape index (κ1) is 17.6. The molecule has 1 aliphatic rings. The predicted octanol–water partition coefficient (Wildman–Crippen LogP) is 4.21. The van der Waals surface area contributed by atoms with E-state index in [9.17, 15) is 5.11 Å². The number of para-hydroxylation sites is 1. The molecule has 1 aliphatic carbocycles. The second kappa shape index (κ2) is 9.41. The molecule has 22 heavy (non-hydrogen) atoms. The number of nitrogens with one attached hydrogen (secondary N) is 1. The average Bonchev–Trinajstić information content (AvgIpc) is 2.52. The molecule has 2 rings (SSSR count). The third kappa shape index (κ3) is 5.81. The molecule has 3 nitrogen and oxygen atoms in total. The lowest BCUT2D eigenvalue weighted by Crippen LogP contribution is -2.32. The lowest BCUT2D eigenvalue weighted by molar-refractivity contribution is 0.107. The van der Waals surface area contributed by atoms with Gasteiger partial charge in [0, 0.05) is 6.54 Å². The van der Waals surface area contributed by atoms with E-state index in [-0.39, 0.29) is 6.61 Å². The molecule has 2 N–H and O–H groups in total. The number of hydrogen-bond acceptors (Lipinski definition) is 3. The third-order valence-corrected chi connectivity index (χ3v) is 4.32. The molecule has 0 saturated carbocycles. The van der Waals surface area contributed by atoms with E-state index in [1.807, 2.05) is 0 Å². The number of hydrogen-bond donors (Lipinski definition) is 2. The first-order valence-corrected chi connectivity index (χ1v) is 8.56. The van der Waals surface area contributed by atoms with Crippen LogP contribution in [0.25, 0.3) is 0 Å². The van der Waals surface area contributed by atoms with Crippen LogP contribution in [0.2, 0.25) is 10.0 Å². The van der Waals surface area contributed by atoms with Gasteiger partial charge in [-0.2, -0.15) is 0 Å². The van der Waals surface area contributed by atoms with Crippen LogP contribution in [0.1, 0.15) is 32.1 Å².